The predicted molar refractivity (Wildman–Crippen MR) is 72.0 cm³/mol. The molecule has 88 valence electrons. The Kier molecular flexibility index (Phi) is 2.74. The van der Waals surface area contributed by atoms with Crippen LogP contribution in [0, 0.1) is 0 Å². The van der Waals surface area contributed by atoms with E-state index in [9.17, 15) is 0 Å². The first kappa shape index (κ1) is 10.9. The highest BCUT2D eigenvalue weighted by molar-refractivity contribution is 5.83. The van der Waals surface area contributed by atoms with Crippen molar-refractivity contribution < 1.29 is 0 Å². The number of benzene rings is 2. The van der Waals surface area contributed by atoms with Crippen molar-refractivity contribution in [2.45, 2.75) is 6.04 Å². The van der Waals surface area contributed by atoms with E-state index in [-0.39, 0.29) is 6.04 Å². The van der Waals surface area contributed by atoms with E-state index in [1.165, 1.54) is 10.8 Å². The maximum absolute atomic E-state index is 6.18. The molecule has 1 unspecified atom stereocenters. The zero-order valence-corrected chi connectivity index (χ0v) is 9.82. The molecule has 0 bridgehead atoms. The first-order chi connectivity index (χ1) is 8.84. The summed E-state index contributed by atoms with van der Waals surface area (Å²) in [5.74, 6) is 0.646. The highest BCUT2D eigenvalue weighted by Gasteiger charge is 2.11. The summed E-state index contributed by atoms with van der Waals surface area (Å²) in [6, 6.07) is 15.9. The van der Waals surface area contributed by atoms with Gasteiger partial charge < -0.3 is 5.73 Å². The lowest BCUT2D eigenvalue weighted by Crippen LogP contribution is -2.14. The Labute approximate surface area is 105 Å². The molecule has 1 aromatic heterocycles. The van der Waals surface area contributed by atoms with Crippen LogP contribution >= 0.6 is 0 Å². The minimum absolute atomic E-state index is 0.282. The predicted octanol–water partition coefficient (Wildman–Crippen LogP) is 2.68. The number of fused-ring (bicyclic) bond motifs is 1. The molecule has 1 heterocycles. The number of hydrogen-bond donors (Lipinski definition) is 1. The van der Waals surface area contributed by atoms with Gasteiger partial charge in [0.1, 0.15) is 5.82 Å². The van der Waals surface area contributed by atoms with E-state index >= 15 is 0 Å². The SMILES string of the molecule is NC(c1ccc2ccccc2c1)c1ncccn1. The van der Waals surface area contributed by atoms with Gasteiger partial charge >= 0.3 is 0 Å². The molecule has 0 radical (unpaired) electrons. The minimum Gasteiger partial charge on any atom is -0.318 e. The molecule has 0 aliphatic carbocycles. The van der Waals surface area contributed by atoms with E-state index in [4.69, 9.17) is 5.73 Å². The van der Waals surface area contributed by atoms with Crippen LogP contribution in [0.15, 0.2) is 60.9 Å². The van der Waals surface area contributed by atoms with Crippen LogP contribution in [0.4, 0.5) is 0 Å². The molecule has 0 aliphatic rings. The van der Waals surface area contributed by atoms with E-state index in [0.29, 0.717) is 5.82 Å². The Balaban J connectivity index is 2.04. The van der Waals surface area contributed by atoms with E-state index in [0.717, 1.165) is 5.56 Å². The average Bonchev–Trinajstić information content (AvgIpc) is 2.47. The maximum atomic E-state index is 6.18. The van der Waals surface area contributed by atoms with E-state index < -0.39 is 0 Å². The summed E-state index contributed by atoms with van der Waals surface area (Å²) in [5.41, 5.74) is 7.21. The number of nitrogens with two attached hydrogens (primary N) is 1. The smallest absolute Gasteiger partial charge is 0.149 e. The van der Waals surface area contributed by atoms with Gasteiger partial charge in [0.25, 0.3) is 0 Å². The van der Waals surface area contributed by atoms with Gasteiger partial charge in [0.05, 0.1) is 6.04 Å². The van der Waals surface area contributed by atoms with Gasteiger partial charge in [-0.25, -0.2) is 9.97 Å². The maximum Gasteiger partial charge on any atom is 0.149 e. The summed E-state index contributed by atoms with van der Waals surface area (Å²) in [7, 11) is 0. The Hall–Kier alpha value is -2.26. The van der Waals surface area contributed by atoms with Gasteiger partial charge in [-0.05, 0) is 28.5 Å². The first-order valence-corrected chi connectivity index (χ1v) is 5.86. The van der Waals surface area contributed by atoms with Gasteiger partial charge in [-0.1, -0.05) is 36.4 Å². The lowest BCUT2D eigenvalue weighted by atomic mass is 10.0. The van der Waals surface area contributed by atoms with Crippen LogP contribution in [0.3, 0.4) is 0 Å². The van der Waals surface area contributed by atoms with Crippen molar-refractivity contribution in [2.75, 3.05) is 0 Å². The zero-order chi connectivity index (χ0) is 12.4. The molecule has 2 N–H and O–H groups in total. The van der Waals surface area contributed by atoms with E-state index in [2.05, 4.69) is 34.2 Å². The quantitative estimate of drug-likeness (QED) is 0.743. The molecule has 3 aromatic rings. The molecule has 3 heteroatoms. The normalized spacial score (nSPS) is 12.5. The molecule has 0 saturated carbocycles. The van der Waals surface area contributed by atoms with Crippen LogP contribution in [0.25, 0.3) is 10.8 Å². The van der Waals surface area contributed by atoms with E-state index in [1.54, 1.807) is 18.5 Å². The van der Waals surface area contributed by atoms with Crippen molar-refractivity contribution in [3.05, 3.63) is 72.3 Å². The fourth-order valence-electron chi connectivity index (χ4n) is 2.02. The number of aromatic nitrogens is 2. The fraction of sp³-hybridized carbons (Fsp3) is 0.0667. The molecule has 2 aromatic carbocycles. The summed E-state index contributed by atoms with van der Waals surface area (Å²) in [4.78, 5) is 8.40. The van der Waals surface area contributed by atoms with Crippen LogP contribution in [-0.4, -0.2) is 9.97 Å². The minimum atomic E-state index is -0.282. The van der Waals surface area contributed by atoms with Crippen molar-refractivity contribution in [3.8, 4) is 0 Å². The third kappa shape index (κ3) is 1.96. The third-order valence-corrected chi connectivity index (χ3v) is 3.00. The summed E-state index contributed by atoms with van der Waals surface area (Å²) in [6.07, 6.45) is 3.42. The van der Waals surface area contributed by atoms with Crippen LogP contribution < -0.4 is 5.73 Å². The van der Waals surface area contributed by atoms with Crippen molar-refractivity contribution in [2.24, 2.45) is 5.73 Å². The Morgan fingerprint density at radius 1 is 0.833 bits per heavy atom. The van der Waals surface area contributed by atoms with Crippen LogP contribution in [0.2, 0.25) is 0 Å². The van der Waals surface area contributed by atoms with Gasteiger partial charge in [-0.2, -0.15) is 0 Å². The summed E-state index contributed by atoms with van der Waals surface area (Å²) in [6.45, 7) is 0. The van der Waals surface area contributed by atoms with Crippen LogP contribution in [0.5, 0.6) is 0 Å². The molecule has 0 amide bonds. The van der Waals surface area contributed by atoms with Crippen molar-refractivity contribution >= 4 is 10.8 Å². The Bertz CT molecular complexity index is 665. The molecular weight excluding hydrogens is 222 g/mol. The third-order valence-electron chi connectivity index (χ3n) is 3.00. The van der Waals surface area contributed by atoms with Crippen molar-refractivity contribution in [1.29, 1.82) is 0 Å². The summed E-state index contributed by atoms with van der Waals surface area (Å²) >= 11 is 0. The van der Waals surface area contributed by atoms with Crippen LogP contribution in [-0.2, 0) is 0 Å². The second kappa shape index (κ2) is 4.55. The van der Waals surface area contributed by atoms with Crippen molar-refractivity contribution in [3.63, 3.8) is 0 Å². The lowest BCUT2D eigenvalue weighted by molar-refractivity contribution is 0.782. The van der Waals surface area contributed by atoms with Gasteiger partial charge in [-0.15, -0.1) is 0 Å². The molecule has 0 saturated heterocycles. The number of rotatable bonds is 2. The second-order valence-electron chi connectivity index (χ2n) is 4.19. The van der Waals surface area contributed by atoms with Gasteiger partial charge in [0, 0.05) is 12.4 Å². The van der Waals surface area contributed by atoms with Crippen LogP contribution in [0.1, 0.15) is 17.4 Å². The molecular formula is C15H13N3. The summed E-state index contributed by atoms with van der Waals surface area (Å²) in [5, 5.41) is 2.39. The molecule has 3 nitrogen and oxygen atoms in total. The monoisotopic (exact) mass is 235 g/mol. The van der Waals surface area contributed by atoms with Gasteiger partial charge in [0.2, 0.25) is 0 Å². The largest absolute Gasteiger partial charge is 0.318 e. The van der Waals surface area contributed by atoms with Gasteiger partial charge in [0.15, 0.2) is 0 Å². The zero-order valence-electron chi connectivity index (χ0n) is 9.82. The molecule has 1 atom stereocenters. The fourth-order valence-corrected chi connectivity index (χ4v) is 2.02. The molecule has 18 heavy (non-hydrogen) atoms. The molecule has 0 fully saturated rings. The Morgan fingerprint density at radius 3 is 2.33 bits per heavy atom. The van der Waals surface area contributed by atoms with Gasteiger partial charge in [-0.3, -0.25) is 0 Å². The average molecular weight is 235 g/mol. The molecule has 3 rings (SSSR count). The Morgan fingerprint density at radius 2 is 1.56 bits per heavy atom. The molecule has 0 spiro atoms. The highest BCUT2D eigenvalue weighted by atomic mass is 14.9. The second-order valence-corrected chi connectivity index (χ2v) is 4.19. The standard InChI is InChI=1S/C15H13N3/c16-14(15-17-8-3-9-18-15)13-7-6-11-4-1-2-5-12(11)10-13/h1-10,14H,16H2. The van der Waals surface area contributed by atoms with E-state index in [1.807, 2.05) is 18.2 Å². The lowest BCUT2D eigenvalue weighted by Gasteiger charge is -2.11. The van der Waals surface area contributed by atoms with Crippen molar-refractivity contribution in [1.82, 2.24) is 9.97 Å². The number of hydrogen-bond acceptors (Lipinski definition) is 3. The first-order valence-electron chi connectivity index (χ1n) is 5.86. The molecule has 0 aliphatic heterocycles. The highest BCUT2D eigenvalue weighted by Crippen LogP contribution is 2.21. The topological polar surface area (TPSA) is 51.8 Å². The summed E-state index contributed by atoms with van der Waals surface area (Å²) < 4.78 is 0. The number of nitrogens with zero attached hydrogens (tertiary/aromatic N) is 2.